The summed E-state index contributed by atoms with van der Waals surface area (Å²) >= 11 is 13.6. The van der Waals surface area contributed by atoms with E-state index in [1.165, 1.54) is 41.1 Å². The first-order valence-corrected chi connectivity index (χ1v) is 50.9. The van der Waals surface area contributed by atoms with Gasteiger partial charge in [0.05, 0.1) is 0 Å². The van der Waals surface area contributed by atoms with Gasteiger partial charge in [0.1, 0.15) is 0 Å². The summed E-state index contributed by atoms with van der Waals surface area (Å²) in [5, 5.41) is 5.66. The first-order chi connectivity index (χ1) is 26.7. The van der Waals surface area contributed by atoms with E-state index in [4.69, 9.17) is 0 Å². The van der Waals surface area contributed by atoms with Crippen LogP contribution >= 0.6 is 98.0 Å². The fourth-order valence-corrected chi connectivity index (χ4v) is 50.5. The zero-order valence-electron chi connectivity index (χ0n) is 28.4. The summed E-state index contributed by atoms with van der Waals surface area (Å²) < 4.78 is 6.30. The monoisotopic (exact) mass is 1550 g/mol. The van der Waals surface area contributed by atoms with Gasteiger partial charge in [0.15, 0.2) is 0 Å². The Kier molecular flexibility index (Phi) is 19.4. The molecule has 0 saturated carbocycles. The molecule has 0 aliphatic rings. The molecule has 8 aromatic rings. The maximum atomic E-state index is 2.68. The molecule has 0 amide bonds. The van der Waals surface area contributed by atoms with Crippen molar-refractivity contribution in [3.8, 4) is 0 Å². The Morgan fingerprint density at radius 1 is 0.352 bits per heavy atom. The zero-order chi connectivity index (χ0) is 37.5. The van der Waals surface area contributed by atoms with Gasteiger partial charge in [0.2, 0.25) is 0 Å². The van der Waals surface area contributed by atoms with E-state index in [0.717, 1.165) is 0 Å². The van der Waals surface area contributed by atoms with Crippen molar-refractivity contribution in [2.75, 3.05) is 0 Å². The fourth-order valence-electron chi connectivity index (χ4n) is 5.71. The second-order valence-electron chi connectivity index (χ2n) is 11.3. The number of fused-ring (bicyclic) bond motifs is 2. The summed E-state index contributed by atoms with van der Waals surface area (Å²) in [5.74, 6) is 0. The van der Waals surface area contributed by atoms with E-state index in [0.29, 0.717) is 0 Å². The van der Waals surface area contributed by atoms with Crippen LogP contribution in [0, 0.1) is 0 Å². The molecule has 0 heterocycles. The summed E-state index contributed by atoms with van der Waals surface area (Å²) in [7, 11) is -1.94. The standard InChI is InChI=1S/2C22H16I2SSe.I2/c2*23-24-26(19-13-5-2-6-14-19)21-16-8-10-17-9-7-15-20(22(17)21)25-18-11-3-1-4-12-18;1-2/h2*1-16H;. The van der Waals surface area contributed by atoms with E-state index in [2.05, 4.69) is 269 Å². The van der Waals surface area contributed by atoms with Crippen LogP contribution in [0.4, 0.5) is 0 Å². The van der Waals surface area contributed by atoms with E-state index < -0.39 is 21.3 Å². The molecule has 0 nitrogen and oxygen atoms in total. The summed E-state index contributed by atoms with van der Waals surface area (Å²) in [6, 6.07) is 70.9. The average molecular weight is 1540 g/mol. The van der Waals surface area contributed by atoms with Crippen molar-refractivity contribution in [1.29, 1.82) is 0 Å². The van der Waals surface area contributed by atoms with Crippen LogP contribution in [0.5, 0.6) is 0 Å². The Balaban J connectivity index is 0.000000176. The zero-order valence-corrected chi connectivity index (χ0v) is 46.4. The Labute approximate surface area is 395 Å². The Morgan fingerprint density at radius 3 is 1.00 bits per heavy atom. The Morgan fingerprint density at radius 2 is 0.667 bits per heavy atom. The van der Waals surface area contributed by atoms with Gasteiger partial charge in [-0.25, -0.2) is 0 Å². The van der Waals surface area contributed by atoms with Crippen LogP contribution in [-0.2, 0) is 0 Å². The summed E-state index contributed by atoms with van der Waals surface area (Å²) in [5.41, 5.74) is 0. The topological polar surface area (TPSA) is 0 Å². The first-order valence-electron chi connectivity index (χ1n) is 16.5. The number of benzene rings is 8. The number of halogens is 6. The van der Waals surface area contributed by atoms with Crippen LogP contribution in [0.25, 0.3) is 21.5 Å². The molecular weight excluding hydrogens is 1510 g/mol. The molecule has 274 valence electrons. The fraction of sp³-hybridized carbons (Fsp3) is 0. The molecule has 0 fully saturated rings. The van der Waals surface area contributed by atoms with Crippen molar-refractivity contribution in [3.63, 3.8) is 0 Å². The first kappa shape index (κ1) is 44.0. The Bertz CT molecular complexity index is 2180. The van der Waals surface area contributed by atoms with Crippen LogP contribution in [0.3, 0.4) is 0 Å². The normalized spacial score (nSPS) is 12.0. The van der Waals surface area contributed by atoms with Crippen molar-refractivity contribution >= 4 is 159 Å². The third-order valence-electron chi connectivity index (χ3n) is 8.00. The molecular formula is C44H32I6S2Se2. The van der Waals surface area contributed by atoms with Crippen molar-refractivity contribution in [2.24, 2.45) is 0 Å². The van der Waals surface area contributed by atoms with Crippen molar-refractivity contribution < 1.29 is 30.0 Å². The molecule has 0 spiro atoms. The molecule has 54 heavy (non-hydrogen) atoms. The van der Waals surface area contributed by atoms with Crippen molar-refractivity contribution in [3.05, 3.63) is 194 Å². The third-order valence-corrected chi connectivity index (χ3v) is 53.4. The minimum atomic E-state index is -0.968. The average Bonchev–Trinajstić information content (AvgIpc) is 3.24. The molecule has 0 saturated heterocycles. The van der Waals surface area contributed by atoms with Crippen molar-refractivity contribution in [2.45, 2.75) is 19.6 Å². The van der Waals surface area contributed by atoms with E-state index in [1.54, 1.807) is 17.8 Å². The van der Waals surface area contributed by atoms with Crippen LogP contribution in [0.1, 0.15) is 0 Å². The molecule has 0 N–H and O–H groups in total. The molecule has 0 bridgehead atoms. The van der Waals surface area contributed by atoms with Gasteiger partial charge in [-0.1, -0.05) is 0 Å². The Hall–Kier alpha value is 0.399. The molecule has 0 aliphatic carbocycles. The van der Waals surface area contributed by atoms with E-state index >= 15 is 0 Å². The van der Waals surface area contributed by atoms with E-state index in [-0.39, 0.29) is 30.0 Å². The molecule has 0 radical (unpaired) electrons. The quantitative estimate of drug-likeness (QED) is 0.109. The second-order valence-corrected chi connectivity index (χ2v) is 55.8. The third kappa shape index (κ3) is 11.8. The molecule has 0 aliphatic heterocycles. The summed E-state index contributed by atoms with van der Waals surface area (Å²) in [4.78, 5) is 5.36. The summed E-state index contributed by atoms with van der Waals surface area (Å²) in [6.45, 7) is 0. The van der Waals surface area contributed by atoms with Gasteiger partial charge in [-0.2, -0.15) is 0 Å². The molecule has 10 heteroatoms. The van der Waals surface area contributed by atoms with Gasteiger partial charge >= 0.3 is 365 Å². The molecule has 8 aromatic carbocycles. The van der Waals surface area contributed by atoms with Gasteiger partial charge in [-0.05, 0) is 0 Å². The number of rotatable bonds is 10. The number of hydrogen-bond donors (Lipinski definition) is 0. The van der Waals surface area contributed by atoms with Gasteiger partial charge < -0.3 is 0 Å². The predicted octanol–water partition coefficient (Wildman–Crippen LogP) is 6.84. The SMILES string of the molecule is II.I[I-][Se+](c1ccccc1)c1cccc2cccc(Sc3ccccc3)c12.I[I-][Se+](c1ccccc1)c1cccc2cccc(Sc3ccccc3)c12. The van der Waals surface area contributed by atoms with Crippen LogP contribution in [0.2, 0.25) is 0 Å². The second kappa shape index (κ2) is 23.9. The maximum absolute atomic E-state index is 2.68. The van der Waals surface area contributed by atoms with Gasteiger partial charge in [0, 0.05) is 37.2 Å². The minimum absolute atomic E-state index is 0.122. The van der Waals surface area contributed by atoms with E-state index in [1.807, 2.05) is 23.5 Å². The van der Waals surface area contributed by atoms with Gasteiger partial charge in [-0.15, -0.1) is 0 Å². The van der Waals surface area contributed by atoms with Crippen LogP contribution in [-0.4, -0.2) is 21.3 Å². The predicted molar refractivity (Wildman–Crippen MR) is 268 cm³/mol. The molecule has 0 aromatic heterocycles. The van der Waals surface area contributed by atoms with E-state index in [9.17, 15) is 0 Å². The van der Waals surface area contributed by atoms with Gasteiger partial charge in [-0.3, -0.25) is 0 Å². The van der Waals surface area contributed by atoms with Crippen molar-refractivity contribution in [1.82, 2.24) is 0 Å². The van der Waals surface area contributed by atoms with Gasteiger partial charge in [0.25, 0.3) is 0 Å². The molecule has 2 atom stereocenters. The number of hydrogen-bond acceptors (Lipinski definition) is 2. The molecule has 8 rings (SSSR count). The molecule has 2 unspecified atom stereocenters. The van der Waals surface area contributed by atoms with Crippen LogP contribution < -0.4 is 47.8 Å². The van der Waals surface area contributed by atoms with Crippen LogP contribution in [0.15, 0.2) is 214 Å². The summed E-state index contributed by atoms with van der Waals surface area (Å²) in [6.07, 6.45) is 0.